The minimum atomic E-state index is -1.10. The summed E-state index contributed by atoms with van der Waals surface area (Å²) in [5, 5.41) is 14.0. The number of carbonyl (C=O) groups is 3. The molecule has 0 unspecified atom stereocenters. The van der Waals surface area contributed by atoms with Gasteiger partial charge in [0.1, 0.15) is 0 Å². The molecule has 0 radical (unpaired) electrons. The third-order valence-corrected chi connectivity index (χ3v) is 2.45. The number of hydrogen-bond donors (Lipinski definition) is 3. The number of hydrogen-bond acceptors (Lipinski definition) is 3. The van der Waals surface area contributed by atoms with Gasteiger partial charge in [0.15, 0.2) is 0 Å². The van der Waals surface area contributed by atoms with Crippen molar-refractivity contribution in [2.24, 2.45) is 0 Å². The lowest BCUT2D eigenvalue weighted by Gasteiger charge is -2.10. The van der Waals surface area contributed by atoms with Crippen molar-refractivity contribution in [3.8, 4) is 0 Å². The second-order valence-corrected chi connectivity index (χ2v) is 4.80. The quantitative estimate of drug-likeness (QED) is 0.747. The Morgan fingerprint density at radius 1 is 1.15 bits per heavy atom. The Morgan fingerprint density at radius 2 is 1.75 bits per heavy atom. The van der Waals surface area contributed by atoms with Gasteiger partial charge in [-0.2, -0.15) is 0 Å². The van der Waals surface area contributed by atoms with E-state index in [9.17, 15) is 14.4 Å². The fraction of sp³-hybridized carbons (Fsp3) is 0.357. The van der Waals surface area contributed by atoms with Gasteiger partial charge in [0, 0.05) is 11.6 Å². The van der Waals surface area contributed by atoms with Gasteiger partial charge in [-0.3, -0.25) is 9.59 Å². The van der Waals surface area contributed by atoms with E-state index >= 15 is 0 Å². The fourth-order valence-corrected chi connectivity index (χ4v) is 1.67. The molecule has 108 valence electrons. The molecular weight excluding hydrogens is 260 g/mol. The zero-order valence-corrected chi connectivity index (χ0v) is 11.7. The van der Waals surface area contributed by atoms with Gasteiger partial charge in [0.2, 0.25) is 5.91 Å². The topological polar surface area (TPSA) is 95.5 Å². The summed E-state index contributed by atoms with van der Waals surface area (Å²) in [6.45, 7) is 5.20. The lowest BCUT2D eigenvalue weighted by atomic mass is 10.1. The molecule has 1 aromatic rings. The molecule has 0 heterocycles. The van der Waals surface area contributed by atoms with Crippen LogP contribution in [0.3, 0.4) is 0 Å². The second kappa shape index (κ2) is 6.70. The van der Waals surface area contributed by atoms with Gasteiger partial charge in [0.25, 0.3) is 5.91 Å². The molecule has 1 aromatic carbocycles. The van der Waals surface area contributed by atoms with Crippen LogP contribution in [0.25, 0.3) is 0 Å². The van der Waals surface area contributed by atoms with Crippen LogP contribution in [-0.2, 0) is 4.79 Å². The molecule has 6 nitrogen and oxygen atoms in total. The summed E-state index contributed by atoms with van der Waals surface area (Å²) in [5.74, 6) is -1.87. The van der Waals surface area contributed by atoms with Crippen molar-refractivity contribution in [3.63, 3.8) is 0 Å². The molecular formula is C14H18N2O4. The van der Waals surface area contributed by atoms with Crippen LogP contribution in [0.5, 0.6) is 0 Å². The van der Waals surface area contributed by atoms with Gasteiger partial charge in [-0.15, -0.1) is 0 Å². The highest BCUT2D eigenvalue weighted by molar-refractivity contribution is 5.99. The minimum absolute atomic E-state index is 0.00279. The Balaban J connectivity index is 2.73. The fourth-order valence-electron chi connectivity index (χ4n) is 1.67. The monoisotopic (exact) mass is 278 g/mol. The van der Waals surface area contributed by atoms with Gasteiger partial charge < -0.3 is 15.7 Å². The largest absolute Gasteiger partial charge is 0.478 e. The van der Waals surface area contributed by atoms with Crippen LogP contribution in [0.15, 0.2) is 18.2 Å². The van der Waals surface area contributed by atoms with E-state index in [2.05, 4.69) is 10.6 Å². The Labute approximate surface area is 117 Å². The molecule has 0 spiro atoms. The highest BCUT2D eigenvalue weighted by Crippen LogP contribution is 2.09. The van der Waals surface area contributed by atoms with E-state index in [4.69, 9.17) is 5.11 Å². The molecule has 2 amide bonds. The summed E-state index contributed by atoms with van der Waals surface area (Å²) < 4.78 is 0. The van der Waals surface area contributed by atoms with E-state index in [-0.39, 0.29) is 29.6 Å². The normalized spacial score (nSPS) is 10.2. The van der Waals surface area contributed by atoms with Crippen LogP contribution >= 0.6 is 0 Å². The van der Waals surface area contributed by atoms with E-state index in [1.54, 1.807) is 13.0 Å². The molecule has 0 fully saturated rings. The molecule has 0 aliphatic heterocycles. The summed E-state index contributed by atoms with van der Waals surface area (Å²) in [6.07, 6.45) is 0. The van der Waals surface area contributed by atoms with E-state index in [1.165, 1.54) is 12.1 Å². The number of rotatable bonds is 5. The summed E-state index contributed by atoms with van der Waals surface area (Å²) in [4.78, 5) is 34.2. The Kier molecular flexibility index (Phi) is 5.25. The maximum Gasteiger partial charge on any atom is 0.335 e. The van der Waals surface area contributed by atoms with Crippen LogP contribution in [-0.4, -0.2) is 35.5 Å². The van der Waals surface area contributed by atoms with E-state index < -0.39 is 11.9 Å². The van der Waals surface area contributed by atoms with Gasteiger partial charge in [-0.05, 0) is 44.5 Å². The summed E-state index contributed by atoms with van der Waals surface area (Å²) in [5.41, 5.74) is 0.934. The maximum atomic E-state index is 11.9. The standard InChI is InChI=1S/C14H18N2O4/c1-8(2)16-12(17)7-15-13(18)10-4-9(3)5-11(6-10)14(19)20/h4-6,8H,7H2,1-3H3,(H,15,18)(H,16,17)(H,19,20). The lowest BCUT2D eigenvalue weighted by Crippen LogP contribution is -2.39. The Hall–Kier alpha value is -2.37. The number of amides is 2. The second-order valence-electron chi connectivity index (χ2n) is 4.80. The molecule has 0 bridgehead atoms. The lowest BCUT2D eigenvalue weighted by molar-refractivity contribution is -0.120. The number of benzene rings is 1. The van der Waals surface area contributed by atoms with Gasteiger partial charge in [0.05, 0.1) is 12.1 Å². The molecule has 3 N–H and O–H groups in total. The first-order valence-corrected chi connectivity index (χ1v) is 6.22. The van der Waals surface area contributed by atoms with Crippen molar-refractivity contribution >= 4 is 17.8 Å². The maximum absolute atomic E-state index is 11.9. The molecule has 6 heteroatoms. The van der Waals surface area contributed by atoms with Crippen LogP contribution < -0.4 is 10.6 Å². The molecule has 1 rings (SSSR count). The third kappa shape index (κ3) is 4.72. The number of aryl methyl sites for hydroxylation is 1. The average Bonchev–Trinajstić information content (AvgIpc) is 2.34. The van der Waals surface area contributed by atoms with Crippen LogP contribution in [0, 0.1) is 6.92 Å². The van der Waals surface area contributed by atoms with Gasteiger partial charge in [-0.1, -0.05) is 0 Å². The Bertz CT molecular complexity index is 538. The number of nitrogens with one attached hydrogen (secondary N) is 2. The average molecular weight is 278 g/mol. The van der Waals surface area contributed by atoms with Crippen molar-refractivity contribution < 1.29 is 19.5 Å². The first kappa shape index (κ1) is 15.7. The van der Waals surface area contributed by atoms with Crippen molar-refractivity contribution in [1.82, 2.24) is 10.6 Å². The van der Waals surface area contributed by atoms with Crippen LogP contribution in [0.4, 0.5) is 0 Å². The highest BCUT2D eigenvalue weighted by atomic mass is 16.4. The SMILES string of the molecule is Cc1cc(C(=O)O)cc(C(=O)NCC(=O)NC(C)C)c1. The molecule has 0 aromatic heterocycles. The van der Waals surface area contributed by atoms with Crippen molar-refractivity contribution in [3.05, 3.63) is 34.9 Å². The van der Waals surface area contributed by atoms with Crippen LogP contribution in [0.2, 0.25) is 0 Å². The zero-order chi connectivity index (χ0) is 15.3. The smallest absolute Gasteiger partial charge is 0.335 e. The van der Waals surface area contributed by atoms with Crippen LogP contribution in [0.1, 0.15) is 40.1 Å². The minimum Gasteiger partial charge on any atom is -0.478 e. The van der Waals surface area contributed by atoms with Gasteiger partial charge in [-0.25, -0.2) is 4.79 Å². The zero-order valence-electron chi connectivity index (χ0n) is 11.7. The van der Waals surface area contributed by atoms with Crippen molar-refractivity contribution in [2.75, 3.05) is 6.54 Å². The molecule has 20 heavy (non-hydrogen) atoms. The Morgan fingerprint density at radius 3 is 2.30 bits per heavy atom. The van der Waals surface area contributed by atoms with Gasteiger partial charge >= 0.3 is 5.97 Å². The number of carboxylic acids is 1. The highest BCUT2D eigenvalue weighted by Gasteiger charge is 2.12. The molecule has 0 aliphatic carbocycles. The van der Waals surface area contributed by atoms with Crippen molar-refractivity contribution in [1.29, 1.82) is 0 Å². The number of carbonyl (C=O) groups excluding carboxylic acids is 2. The summed E-state index contributed by atoms with van der Waals surface area (Å²) >= 11 is 0. The molecule has 0 atom stereocenters. The van der Waals surface area contributed by atoms with Crippen molar-refractivity contribution in [2.45, 2.75) is 26.8 Å². The third-order valence-electron chi connectivity index (χ3n) is 2.45. The van der Waals surface area contributed by atoms with E-state index in [0.717, 1.165) is 0 Å². The molecule has 0 aliphatic rings. The first-order valence-electron chi connectivity index (χ1n) is 6.22. The number of carboxylic acid groups (broad SMARTS) is 1. The molecule has 0 saturated carbocycles. The predicted octanol–water partition coefficient (Wildman–Crippen LogP) is 0.948. The first-order chi connectivity index (χ1) is 9.29. The predicted molar refractivity (Wildman–Crippen MR) is 73.8 cm³/mol. The summed E-state index contributed by atoms with van der Waals surface area (Å²) in [6, 6.07) is 4.33. The van der Waals surface area contributed by atoms with E-state index in [1.807, 2.05) is 13.8 Å². The number of aromatic carboxylic acids is 1. The molecule has 0 saturated heterocycles. The summed E-state index contributed by atoms with van der Waals surface area (Å²) in [7, 11) is 0. The van der Waals surface area contributed by atoms with E-state index in [0.29, 0.717) is 5.56 Å².